The molecular weight excluding hydrogens is 311 g/mol. The second-order valence-electron chi connectivity index (χ2n) is 3.89. The maximum Gasteiger partial charge on any atom is 0.330 e. The third-order valence-electron chi connectivity index (χ3n) is 2.66. The zero-order chi connectivity index (χ0) is 13.2. The summed E-state index contributed by atoms with van der Waals surface area (Å²) in [6, 6.07) is -0.708. The van der Waals surface area contributed by atoms with Gasteiger partial charge in [-0.25, -0.2) is 4.79 Å². The first-order valence-electron chi connectivity index (χ1n) is 4.93. The van der Waals surface area contributed by atoms with Gasteiger partial charge in [-0.15, -0.1) is 6.58 Å². The van der Waals surface area contributed by atoms with E-state index in [0.29, 0.717) is 4.48 Å². The summed E-state index contributed by atoms with van der Waals surface area (Å²) in [5.74, 6) is -1.14. The summed E-state index contributed by atoms with van der Waals surface area (Å²) >= 11 is 3.14. The molecule has 0 aromatic carbocycles. The van der Waals surface area contributed by atoms with E-state index in [4.69, 9.17) is 0 Å². The molecular formula is C11H13BrN2NaO3. The van der Waals surface area contributed by atoms with Crippen molar-refractivity contribution >= 4 is 63.3 Å². The number of nitrogens with zero attached hydrogens (tertiary/aromatic N) is 1. The van der Waals surface area contributed by atoms with Crippen LogP contribution in [0.4, 0.5) is 4.79 Å². The largest absolute Gasteiger partial charge is 0.330 e. The fourth-order valence-electron chi connectivity index (χ4n) is 1.79. The monoisotopic (exact) mass is 323 g/mol. The van der Waals surface area contributed by atoms with Crippen molar-refractivity contribution in [1.82, 2.24) is 10.2 Å². The molecule has 0 saturated carbocycles. The van der Waals surface area contributed by atoms with E-state index in [-0.39, 0.29) is 42.4 Å². The van der Waals surface area contributed by atoms with Crippen molar-refractivity contribution in [2.45, 2.75) is 12.8 Å². The number of imide groups is 2. The van der Waals surface area contributed by atoms with Crippen molar-refractivity contribution < 1.29 is 14.4 Å². The molecule has 0 aromatic heterocycles. The number of urea groups is 1. The number of nitrogens with one attached hydrogen (secondary N) is 1. The number of carbonyl (C=O) groups is 3. The Morgan fingerprint density at radius 1 is 1.50 bits per heavy atom. The van der Waals surface area contributed by atoms with E-state index >= 15 is 0 Å². The molecule has 0 bridgehead atoms. The van der Waals surface area contributed by atoms with Crippen LogP contribution >= 0.6 is 15.9 Å². The Morgan fingerprint density at radius 2 is 2.06 bits per heavy atom. The molecule has 1 N–H and O–H groups in total. The van der Waals surface area contributed by atoms with Gasteiger partial charge in [0.15, 0.2) is 0 Å². The van der Waals surface area contributed by atoms with Crippen LogP contribution in [-0.4, -0.2) is 59.4 Å². The number of halogens is 1. The Morgan fingerprint density at radius 3 is 2.50 bits per heavy atom. The molecule has 4 amide bonds. The van der Waals surface area contributed by atoms with Gasteiger partial charge in [0.25, 0.3) is 0 Å². The van der Waals surface area contributed by atoms with Gasteiger partial charge in [-0.2, -0.15) is 0 Å². The van der Waals surface area contributed by atoms with Gasteiger partial charge in [-0.3, -0.25) is 19.8 Å². The predicted molar refractivity (Wildman–Crippen MR) is 72.0 cm³/mol. The third kappa shape index (κ3) is 3.12. The molecule has 18 heavy (non-hydrogen) atoms. The van der Waals surface area contributed by atoms with Crippen molar-refractivity contribution in [2.75, 3.05) is 7.05 Å². The average Bonchev–Trinajstić information content (AvgIpc) is 2.23. The van der Waals surface area contributed by atoms with E-state index in [0.717, 1.165) is 4.90 Å². The second kappa shape index (κ2) is 6.65. The number of barbiturate groups is 1. The molecule has 93 valence electrons. The molecule has 0 spiro atoms. The van der Waals surface area contributed by atoms with Crippen molar-refractivity contribution in [3.63, 3.8) is 0 Å². The first-order valence-corrected chi connectivity index (χ1v) is 5.72. The van der Waals surface area contributed by atoms with E-state index in [1.54, 1.807) is 0 Å². The molecule has 1 rings (SSSR count). The van der Waals surface area contributed by atoms with Crippen LogP contribution in [0.2, 0.25) is 0 Å². The van der Waals surface area contributed by atoms with Gasteiger partial charge in [0.05, 0.1) is 0 Å². The molecule has 1 aliphatic rings. The summed E-state index contributed by atoms with van der Waals surface area (Å²) in [5.41, 5.74) is -1.33. The van der Waals surface area contributed by atoms with Crippen LogP contribution in [0.15, 0.2) is 23.7 Å². The maximum atomic E-state index is 12.1. The van der Waals surface area contributed by atoms with Crippen molar-refractivity contribution in [3.05, 3.63) is 23.7 Å². The van der Waals surface area contributed by atoms with E-state index in [2.05, 4.69) is 34.4 Å². The molecule has 1 fully saturated rings. The van der Waals surface area contributed by atoms with Gasteiger partial charge in [-0.05, 0) is 10.9 Å². The van der Waals surface area contributed by atoms with Gasteiger partial charge >= 0.3 is 6.03 Å². The summed E-state index contributed by atoms with van der Waals surface area (Å²) < 4.78 is 0.519. The number of allylic oxidation sites excluding steroid dienone is 2. The minimum Gasteiger partial charge on any atom is -0.277 e. The molecule has 0 aliphatic carbocycles. The van der Waals surface area contributed by atoms with Crippen LogP contribution in [0.25, 0.3) is 0 Å². The maximum absolute atomic E-state index is 12.1. The van der Waals surface area contributed by atoms with Gasteiger partial charge in [0.1, 0.15) is 5.41 Å². The normalized spacial score (nSPS) is 23.2. The standard InChI is InChI=1S/C11H13BrN2O3.Na/c1-4-5-11(6-7(2)12)8(15)13-10(17)14(3)9(11)16;/h4H,1-2,5-6H2,3H3,(H,13,15,17);. The fraction of sp³-hybridized carbons (Fsp3) is 0.364. The summed E-state index contributed by atoms with van der Waals surface area (Å²) in [5, 5.41) is 2.16. The van der Waals surface area contributed by atoms with Crippen LogP contribution < -0.4 is 5.32 Å². The van der Waals surface area contributed by atoms with Crippen molar-refractivity contribution in [2.24, 2.45) is 5.41 Å². The Labute approximate surface area is 136 Å². The fourth-order valence-corrected chi connectivity index (χ4v) is 2.27. The smallest absolute Gasteiger partial charge is 0.277 e. The molecule has 5 nitrogen and oxygen atoms in total. The zero-order valence-corrected chi connectivity index (χ0v) is 14.0. The number of rotatable bonds is 4. The van der Waals surface area contributed by atoms with Gasteiger partial charge < -0.3 is 0 Å². The molecule has 1 aliphatic heterocycles. The summed E-state index contributed by atoms with van der Waals surface area (Å²) in [7, 11) is 1.33. The SMILES string of the molecule is C=CCC1(CC(=C)Br)C(=O)NC(=O)N(C)C1=O.[Na]. The molecule has 1 heterocycles. The number of hydrogen-bond donors (Lipinski definition) is 1. The number of amides is 4. The first-order chi connectivity index (χ1) is 7.85. The molecule has 1 atom stereocenters. The molecule has 1 saturated heterocycles. The van der Waals surface area contributed by atoms with Gasteiger partial charge in [0.2, 0.25) is 11.8 Å². The van der Waals surface area contributed by atoms with Crippen molar-refractivity contribution in [3.8, 4) is 0 Å². The van der Waals surface area contributed by atoms with Crippen LogP contribution in [0.1, 0.15) is 12.8 Å². The van der Waals surface area contributed by atoms with Crippen LogP contribution in [0, 0.1) is 5.41 Å². The topological polar surface area (TPSA) is 66.5 Å². The molecule has 1 unspecified atom stereocenters. The van der Waals surface area contributed by atoms with E-state index in [1.807, 2.05) is 0 Å². The molecule has 0 aromatic rings. The van der Waals surface area contributed by atoms with Crippen LogP contribution in [-0.2, 0) is 9.59 Å². The van der Waals surface area contributed by atoms with Gasteiger partial charge in [0, 0.05) is 43.0 Å². The van der Waals surface area contributed by atoms with E-state index < -0.39 is 23.3 Å². The van der Waals surface area contributed by atoms with Crippen molar-refractivity contribution in [1.29, 1.82) is 0 Å². The molecule has 1 radical (unpaired) electrons. The third-order valence-corrected chi connectivity index (χ3v) is 2.94. The summed E-state index contributed by atoms with van der Waals surface area (Å²) in [6.45, 7) is 7.18. The average molecular weight is 324 g/mol. The predicted octanol–water partition coefficient (Wildman–Crippen LogP) is 1.17. The Hall–Kier alpha value is -0.430. The Bertz CT molecular complexity index is 425. The Kier molecular flexibility index (Phi) is 6.50. The first kappa shape index (κ1) is 17.6. The van der Waals surface area contributed by atoms with Crippen LogP contribution in [0.3, 0.4) is 0 Å². The second-order valence-corrected chi connectivity index (χ2v) is 5.01. The number of carbonyl (C=O) groups excluding carboxylic acids is 3. The summed E-state index contributed by atoms with van der Waals surface area (Å²) in [6.07, 6.45) is 1.76. The minimum absolute atomic E-state index is 0. The van der Waals surface area contributed by atoms with E-state index in [1.165, 1.54) is 13.1 Å². The minimum atomic E-state index is -1.33. The van der Waals surface area contributed by atoms with E-state index in [9.17, 15) is 14.4 Å². The summed E-state index contributed by atoms with van der Waals surface area (Å²) in [4.78, 5) is 36.3. The van der Waals surface area contributed by atoms with Gasteiger partial charge in [-0.1, -0.05) is 28.6 Å². The number of hydrogen-bond acceptors (Lipinski definition) is 3. The Balaban J connectivity index is 0.00000289. The molecule has 7 heteroatoms. The van der Waals surface area contributed by atoms with Crippen LogP contribution in [0.5, 0.6) is 0 Å². The quantitative estimate of drug-likeness (QED) is 0.480. The zero-order valence-electron chi connectivity index (χ0n) is 10.5.